The third kappa shape index (κ3) is 4.40. The van der Waals surface area contributed by atoms with Crippen LogP contribution in [0.15, 0.2) is 18.2 Å². The van der Waals surface area contributed by atoms with Crippen LogP contribution < -0.4 is 10.5 Å². The first kappa shape index (κ1) is 15.8. The van der Waals surface area contributed by atoms with Gasteiger partial charge in [0.2, 0.25) is 0 Å². The largest absolute Gasteiger partial charge is 0.478 e. The van der Waals surface area contributed by atoms with Gasteiger partial charge < -0.3 is 15.2 Å². The number of benzene rings is 1. The second-order valence-electron chi connectivity index (χ2n) is 4.02. The second kappa shape index (κ2) is 8.02. The number of halogens is 1. The Morgan fingerprint density at radius 1 is 1.42 bits per heavy atom. The fourth-order valence-electron chi connectivity index (χ4n) is 1.72. The van der Waals surface area contributed by atoms with E-state index in [9.17, 15) is 4.79 Å². The number of rotatable bonds is 7. The molecule has 0 heterocycles. The summed E-state index contributed by atoms with van der Waals surface area (Å²) >= 11 is 6.12. The Bertz CT molecular complexity index is 423. The van der Waals surface area contributed by atoms with E-state index in [1.165, 1.54) is 0 Å². The van der Waals surface area contributed by atoms with E-state index in [-0.39, 0.29) is 5.97 Å². The highest BCUT2D eigenvalue weighted by Crippen LogP contribution is 2.28. The molecule has 2 N–H and O–H groups in total. The Morgan fingerprint density at radius 3 is 2.74 bits per heavy atom. The number of carbonyl (C=O) groups excluding carboxylic acids is 1. The average molecular weight is 286 g/mol. The average Bonchev–Trinajstić information content (AvgIpc) is 2.39. The molecule has 1 unspecified atom stereocenters. The van der Waals surface area contributed by atoms with Crippen LogP contribution in [0.5, 0.6) is 5.75 Å². The Morgan fingerprint density at radius 2 is 2.16 bits per heavy atom. The van der Waals surface area contributed by atoms with Crippen molar-refractivity contribution in [3.8, 4) is 5.75 Å². The maximum absolute atomic E-state index is 11.7. The summed E-state index contributed by atoms with van der Waals surface area (Å²) in [6.07, 6.45) is 0.525. The summed E-state index contributed by atoms with van der Waals surface area (Å²) in [7, 11) is 0. The van der Waals surface area contributed by atoms with Gasteiger partial charge in [0, 0.05) is 10.6 Å². The van der Waals surface area contributed by atoms with Crippen LogP contribution in [-0.4, -0.2) is 25.2 Å². The first-order valence-electron chi connectivity index (χ1n) is 6.44. The van der Waals surface area contributed by atoms with Gasteiger partial charge in [0.1, 0.15) is 5.75 Å². The molecule has 0 bridgehead atoms. The van der Waals surface area contributed by atoms with Gasteiger partial charge in [-0.2, -0.15) is 0 Å². The zero-order valence-corrected chi connectivity index (χ0v) is 12.1. The van der Waals surface area contributed by atoms with E-state index in [2.05, 4.69) is 0 Å². The van der Waals surface area contributed by atoms with Crippen molar-refractivity contribution in [3.63, 3.8) is 0 Å². The molecule has 1 aromatic carbocycles. The normalized spacial score (nSPS) is 12.0. The number of carbonyl (C=O) groups is 1. The van der Waals surface area contributed by atoms with E-state index < -0.39 is 6.10 Å². The molecule has 5 heteroatoms. The molecular formula is C14H20ClNO3. The molecule has 1 atom stereocenters. The SMILES string of the molecule is CCOC(=O)C(CC)Oc1cccc(Cl)c1CCN. The molecule has 0 radical (unpaired) electrons. The predicted octanol–water partition coefficient (Wildman–Crippen LogP) is 2.56. The van der Waals surface area contributed by atoms with Crippen molar-refractivity contribution in [2.45, 2.75) is 32.8 Å². The molecule has 1 aromatic rings. The first-order chi connectivity index (χ1) is 9.13. The molecule has 0 saturated heterocycles. The fourth-order valence-corrected chi connectivity index (χ4v) is 1.98. The lowest BCUT2D eigenvalue weighted by Crippen LogP contribution is -2.29. The lowest BCUT2D eigenvalue weighted by molar-refractivity contribution is -0.151. The Labute approximate surface area is 118 Å². The number of ether oxygens (including phenoxy) is 2. The number of hydrogen-bond acceptors (Lipinski definition) is 4. The molecule has 0 saturated carbocycles. The van der Waals surface area contributed by atoms with E-state index in [1.807, 2.05) is 6.92 Å². The van der Waals surface area contributed by atoms with E-state index in [1.54, 1.807) is 25.1 Å². The van der Waals surface area contributed by atoms with Crippen molar-refractivity contribution in [2.75, 3.05) is 13.2 Å². The van der Waals surface area contributed by atoms with Crippen molar-refractivity contribution >= 4 is 17.6 Å². The van der Waals surface area contributed by atoms with Crippen molar-refractivity contribution in [1.82, 2.24) is 0 Å². The monoisotopic (exact) mass is 285 g/mol. The molecule has 0 amide bonds. The molecule has 4 nitrogen and oxygen atoms in total. The summed E-state index contributed by atoms with van der Waals surface area (Å²) in [6.45, 7) is 4.44. The molecule has 1 rings (SSSR count). The molecule has 0 aliphatic heterocycles. The zero-order chi connectivity index (χ0) is 14.3. The summed E-state index contributed by atoms with van der Waals surface area (Å²) in [6, 6.07) is 5.36. The summed E-state index contributed by atoms with van der Waals surface area (Å²) in [4.78, 5) is 11.7. The minimum Gasteiger partial charge on any atom is -0.478 e. The maximum Gasteiger partial charge on any atom is 0.347 e. The van der Waals surface area contributed by atoms with E-state index in [0.29, 0.717) is 36.8 Å². The third-order valence-electron chi connectivity index (χ3n) is 2.66. The highest BCUT2D eigenvalue weighted by atomic mass is 35.5. The molecule has 0 aliphatic rings. The van der Waals surface area contributed by atoms with Crippen LogP contribution in [0.1, 0.15) is 25.8 Å². The standard InChI is InChI=1S/C14H20ClNO3/c1-3-12(14(17)18-4-2)19-13-7-5-6-11(15)10(13)8-9-16/h5-7,12H,3-4,8-9,16H2,1-2H3. The third-order valence-corrected chi connectivity index (χ3v) is 3.01. The highest BCUT2D eigenvalue weighted by molar-refractivity contribution is 6.31. The predicted molar refractivity (Wildman–Crippen MR) is 75.6 cm³/mol. The van der Waals surface area contributed by atoms with Crippen molar-refractivity contribution in [3.05, 3.63) is 28.8 Å². The van der Waals surface area contributed by atoms with Crippen LogP contribution >= 0.6 is 11.6 Å². The van der Waals surface area contributed by atoms with Crippen molar-refractivity contribution in [1.29, 1.82) is 0 Å². The van der Waals surface area contributed by atoms with E-state index in [0.717, 1.165) is 5.56 Å². The molecule has 106 valence electrons. The molecular weight excluding hydrogens is 266 g/mol. The van der Waals surface area contributed by atoms with Crippen molar-refractivity contribution in [2.24, 2.45) is 5.73 Å². The van der Waals surface area contributed by atoms with Crippen LogP contribution in [0.3, 0.4) is 0 Å². The maximum atomic E-state index is 11.7. The van der Waals surface area contributed by atoms with Crippen molar-refractivity contribution < 1.29 is 14.3 Å². The van der Waals surface area contributed by atoms with Gasteiger partial charge in [-0.1, -0.05) is 24.6 Å². The van der Waals surface area contributed by atoms with E-state index in [4.69, 9.17) is 26.8 Å². The Balaban J connectivity index is 2.90. The lowest BCUT2D eigenvalue weighted by Gasteiger charge is -2.18. The smallest absolute Gasteiger partial charge is 0.347 e. The summed E-state index contributed by atoms with van der Waals surface area (Å²) in [5.74, 6) is 0.238. The molecule has 0 aliphatic carbocycles. The Kier molecular flexibility index (Phi) is 6.67. The van der Waals surface area contributed by atoms with Crippen LogP contribution in [0.4, 0.5) is 0 Å². The number of esters is 1. The van der Waals surface area contributed by atoms with Gasteiger partial charge in [0.15, 0.2) is 6.10 Å². The molecule has 0 spiro atoms. The summed E-state index contributed by atoms with van der Waals surface area (Å²) < 4.78 is 10.7. The molecule has 0 aromatic heterocycles. The number of hydrogen-bond donors (Lipinski definition) is 1. The van der Waals surface area contributed by atoms with Crippen LogP contribution in [-0.2, 0) is 16.0 Å². The molecule has 0 fully saturated rings. The second-order valence-corrected chi connectivity index (χ2v) is 4.43. The summed E-state index contributed by atoms with van der Waals surface area (Å²) in [5, 5.41) is 0.599. The summed E-state index contributed by atoms with van der Waals surface area (Å²) in [5.41, 5.74) is 6.39. The topological polar surface area (TPSA) is 61.5 Å². The van der Waals surface area contributed by atoms with Gasteiger partial charge in [-0.25, -0.2) is 4.79 Å². The van der Waals surface area contributed by atoms with Crippen LogP contribution in [0.25, 0.3) is 0 Å². The van der Waals surface area contributed by atoms with Gasteiger partial charge in [-0.3, -0.25) is 0 Å². The van der Waals surface area contributed by atoms with Crippen LogP contribution in [0, 0.1) is 0 Å². The van der Waals surface area contributed by atoms with Gasteiger partial charge in [0.05, 0.1) is 6.61 Å². The fraction of sp³-hybridized carbons (Fsp3) is 0.500. The minimum absolute atomic E-state index is 0.337. The highest BCUT2D eigenvalue weighted by Gasteiger charge is 2.21. The van der Waals surface area contributed by atoms with Crippen LogP contribution in [0.2, 0.25) is 5.02 Å². The van der Waals surface area contributed by atoms with Gasteiger partial charge in [0.25, 0.3) is 0 Å². The lowest BCUT2D eigenvalue weighted by atomic mass is 10.1. The van der Waals surface area contributed by atoms with E-state index >= 15 is 0 Å². The first-order valence-corrected chi connectivity index (χ1v) is 6.82. The zero-order valence-electron chi connectivity index (χ0n) is 11.3. The number of nitrogens with two attached hydrogens (primary N) is 1. The quantitative estimate of drug-likeness (QED) is 0.782. The van der Waals surface area contributed by atoms with Gasteiger partial charge in [-0.05, 0) is 38.4 Å². The molecule has 19 heavy (non-hydrogen) atoms. The Hall–Kier alpha value is -1.26. The minimum atomic E-state index is -0.616. The van der Waals surface area contributed by atoms with Gasteiger partial charge in [-0.15, -0.1) is 0 Å². The van der Waals surface area contributed by atoms with Gasteiger partial charge >= 0.3 is 5.97 Å².